The van der Waals surface area contributed by atoms with Crippen molar-refractivity contribution >= 4 is 32.6 Å². The lowest BCUT2D eigenvalue weighted by Gasteiger charge is -2.25. The molecule has 0 atom stereocenters. The van der Waals surface area contributed by atoms with E-state index in [0.717, 1.165) is 46.9 Å². The molecule has 0 spiro atoms. The molecule has 0 saturated carbocycles. The Morgan fingerprint density at radius 1 is 1.19 bits per heavy atom. The molecule has 31 heavy (non-hydrogen) atoms. The van der Waals surface area contributed by atoms with Crippen molar-refractivity contribution in [1.82, 2.24) is 19.7 Å². The molecule has 0 unspecified atom stereocenters. The van der Waals surface area contributed by atoms with Crippen LogP contribution in [0.5, 0.6) is 5.75 Å². The van der Waals surface area contributed by atoms with E-state index in [1.54, 1.807) is 16.7 Å². The van der Waals surface area contributed by atoms with Crippen molar-refractivity contribution in [3.63, 3.8) is 0 Å². The number of likely N-dealkylation sites (N-methyl/N-ethyl adjacent to an activating group) is 1. The Morgan fingerprint density at radius 3 is 2.52 bits per heavy atom. The van der Waals surface area contributed by atoms with E-state index >= 15 is 0 Å². The molecule has 8 heteroatoms. The highest BCUT2D eigenvalue weighted by molar-refractivity contribution is 7.22. The fraction of sp³-hybridized carbons (Fsp3) is 0.522. The number of methoxy groups -OCH3 is 1. The first-order valence-electron chi connectivity index (χ1n) is 10.8. The summed E-state index contributed by atoms with van der Waals surface area (Å²) in [4.78, 5) is 22.7. The first kappa shape index (κ1) is 23.2. The van der Waals surface area contributed by atoms with Gasteiger partial charge in [-0.1, -0.05) is 31.3 Å². The smallest absolute Gasteiger partial charge is 0.278 e. The second-order valence-electron chi connectivity index (χ2n) is 7.95. The molecule has 1 aromatic carbocycles. The number of thiazole rings is 1. The van der Waals surface area contributed by atoms with Crippen molar-refractivity contribution in [2.24, 2.45) is 0 Å². The highest BCUT2D eigenvalue weighted by Gasteiger charge is 2.27. The maximum atomic E-state index is 13.8. The van der Waals surface area contributed by atoms with Gasteiger partial charge in [0.15, 0.2) is 5.13 Å². The lowest BCUT2D eigenvalue weighted by molar-refractivity contribution is 0.0971. The summed E-state index contributed by atoms with van der Waals surface area (Å²) in [5, 5.41) is 5.23. The maximum Gasteiger partial charge on any atom is 0.278 e. The van der Waals surface area contributed by atoms with Crippen molar-refractivity contribution in [2.45, 2.75) is 47.6 Å². The Labute approximate surface area is 188 Å². The van der Waals surface area contributed by atoms with E-state index in [4.69, 9.17) is 9.72 Å². The molecule has 168 valence electrons. The molecule has 0 bridgehead atoms. The second-order valence-corrected chi connectivity index (χ2v) is 8.93. The number of nitrogens with zero attached hydrogens (tertiary/aromatic N) is 5. The Bertz CT molecular complexity index is 1050. The zero-order valence-corrected chi connectivity index (χ0v) is 20.4. The summed E-state index contributed by atoms with van der Waals surface area (Å²) < 4.78 is 8.38. The third-order valence-corrected chi connectivity index (χ3v) is 6.70. The van der Waals surface area contributed by atoms with Crippen LogP contribution in [-0.4, -0.2) is 58.9 Å². The predicted octanol–water partition coefficient (Wildman–Crippen LogP) is 4.69. The summed E-state index contributed by atoms with van der Waals surface area (Å²) in [7, 11) is 1.65. The number of hydrogen-bond acceptors (Lipinski definition) is 6. The molecule has 0 saturated heterocycles. The number of aryl methyl sites for hydroxylation is 2. The number of fused-ring (bicyclic) bond motifs is 1. The average Bonchev–Trinajstić information content (AvgIpc) is 3.36. The summed E-state index contributed by atoms with van der Waals surface area (Å²) >= 11 is 1.54. The van der Waals surface area contributed by atoms with Crippen molar-refractivity contribution < 1.29 is 9.53 Å². The van der Waals surface area contributed by atoms with E-state index in [9.17, 15) is 4.79 Å². The maximum absolute atomic E-state index is 13.8. The Morgan fingerprint density at radius 2 is 1.90 bits per heavy atom. The normalized spacial score (nSPS) is 11.6. The van der Waals surface area contributed by atoms with Gasteiger partial charge in [0.1, 0.15) is 17.0 Å². The fourth-order valence-electron chi connectivity index (χ4n) is 3.65. The molecule has 2 heterocycles. The summed E-state index contributed by atoms with van der Waals surface area (Å²) in [5.41, 5.74) is 3.35. The minimum atomic E-state index is -0.0721. The number of ether oxygens (including phenoxy) is 1. The lowest BCUT2D eigenvalue weighted by Crippen LogP contribution is -2.39. The number of rotatable bonds is 9. The number of carbonyl (C=O) groups excluding carboxylic acids is 1. The van der Waals surface area contributed by atoms with Gasteiger partial charge in [-0.2, -0.15) is 5.10 Å². The van der Waals surface area contributed by atoms with Crippen LogP contribution in [-0.2, 0) is 0 Å². The van der Waals surface area contributed by atoms with Gasteiger partial charge in [0.25, 0.3) is 5.91 Å². The number of anilines is 1. The molecule has 3 rings (SSSR count). The summed E-state index contributed by atoms with van der Waals surface area (Å²) in [6.07, 6.45) is 0. The van der Waals surface area contributed by atoms with E-state index in [2.05, 4.69) is 30.8 Å². The molecule has 7 nitrogen and oxygen atoms in total. The van der Waals surface area contributed by atoms with Gasteiger partial charge in [-0.25, -0.2) is 4.98 Å². The Balaban J connectivity index is 2.08. The molecule has 0 fully saturated rings. The number of aromatic nitrogens is 3. The van der Waals surface area contributed by atoms with Crippen LogP contribution < -0.4 is 9.64 Å². The minimum absolute atomic E-state index is 0.0721. The number of benzene rings is 1. The monoisotopic (exact) mass is 443 g/mol. The van der Waals surface area contributed by atoms with Gasteiger partial charge < -0.3 is 9.64 Å². The van der Waals surface area contributed by atoms with Crippen molar-refractivity contribution in [3.8, 4) is 5.75 Å². The second kappa shape index (κ2) is 9.78. The minimum Gasteiger partial charge on any atom is -0.494 e. The summed E-state index contributed by atoms with van der Waals surface area (Å²) in [6, 6.07) is 5.92. The Kier molecular flexibility index (Phi) is 7.33. The molecular weight excluding hydrogens is 410 g/mol. The van der Waals surface area contributed by atoms with Gasteiger partial charge in [0.2, 0.25) is 0 Å². The zero-order chi connectivity index (χ0) is 22.7. The van der Waals surface area contributed by atoms with Gasteiger partial charge in [0, 0.05) is 19.1 Å². The van der Waals surface area contributed by atoms with Crippen molar-refractivity contribution in [3.05, 3.63) is 35.2 Å². The van der Waals surface area contributed by atoms with Gasteiger partial charge in [0.05, 0.1) is 17.5 Å². The molecule has 0 N–H and O–H groups in total. The first-order valence-corrected chi connectivity index (χ1v) is 11.7. The van der Waals surface area contributed by atoms with E-state index in [1.807, 2.05) is 39.0 Å². The lowest BCUT2D eigenvalue weighted by atomic mass is 10.2. The van der Waals surface area contributed by atoms with Crippen LogP contribution in [0.25, 0.3) is 10.2 Å². The van der Waals surface area contributed by atoms with Gasteiger partial charge in [-0.15, -0.1) is 0 Å². The highest BCUT2D eigenvalue weighted by atomic mass is 32.1. The highest BCUT2D eigenvalue weighted by Crippen LogP contribution is 2.37. The third kappa shape index (κ3) is 4.75. The van der Waals surface area contributed by atoms with Crippen molar-refractivity contribution in [1.29, 1.82) is 0 Å². The fourth-order valence-corrected chi connectivity index (χ4v) is 4.73. The van der Waals surface area contributed by atoms with E-state index in [-0.39, 0.29) is 11.9 Å². The number of hydrogen-bond donors (Lipinski definition) is 0. The molecule has 1 amide bonds. The number of carbonyl (C=O) groups is 1. The van der Waals surface area contributed by atoms with Crippen LogP contribution in [0, 0.1) is 13.8 Å². The first-order chi connectivity index (χ1) is 14.8. The largest absolute Gasteiger partial charge is 0.494 e. The summed E-state index contributed by atoms with van der Waals surface area (Å²) in [5.74, 6) is 0.652. The molecule has 3 aromatic rings. The standard InChI is InChI=1S/C23H33N5O2S/c1-8-26(9-2)12-13-27(22(29)18-14-17(6)25-28(18)15(3)4)23-24-20-19(30-7)11-10-16(5)21(20)31-23/h10-11,14-15H,8-9,12-13H2,1-7H3. The van der Waals surface area contributed by atoms with E-state index in [1.165, 1.54) is 11.3 Å². The molecule has 0 aliphatic rings. The van der Waals surface area contributed by atoms with Crippen LogP contribution in [0.1, 0.15) is 55.5 Å². The van der Waals surface area contributed by atoms with Gasteiger partial charge in [-0.05, 0) is 58.5 Å². The van der Waals surface area contributed by atoms with Crippen LogP contribution in [0.4, 0.5) is 5.13 Å². The SMILES string of the molecule is CCN(CC)CCN(C(=O)c1cc(C)nn1C(C)C)c1nc2c(OC)ccc(C)c2s1. The van der Waals surface area contributed by atoms with Crippen molar-refractivity contribution in [2.75, 3.05) is 38.2 Å². The molecule has 0 aliphatic heterocycles. The molecular formula is C23H33N5O2S. The zero-order valence-electron chi connectivity index (χ0n) is 19.6. The Hall–Kier alpha value is -2.45. The van der Waals surface area contributed by atoms with Gasteiger partial charge in [-0.3, -0.25) is 14.4 Å². The quantitative estimate of drug-likeness (QED) is 0.480. The molecule has 0 aliphatic carbocycles. The van der Waals surface area contributed by atoms with Crippen LogP contribution in [0.15, 0.2) is 18.2 Å². The van der Waals surface area contributed by atoms with Gasteiger partial charge >= 0.3 is 0 Å². The topological polar surface area (TPSA) is 63.5 Å². The van der Waals surface area contributed by atoms with E-state index < -0.39 is 0 Å². The van der Waals surface area contributed by atoms with Crippen LogP contribution in [0.3, 0.4) is 0 Å². The predicted molar refractivity (Wildman–Crippen MR) is 128 cm³/mol. The van der Waals surface area contributed by atoms with Crippen LogP contribution in [0.2, 0.25) is 0 Å². The summed E-state index contributed by atoms with van der Waals surface area (Å²) in [6.45, 7) is 15.5. The third-order valence-electron chi connectivity index (χ3n) is 5.49. The number of amides is 1. The molecule has 0 radical (unpaired) electrons. The molecule has 2 aromatic heterocycles. The average molecular weight is 444 g/mol. The van der Waals surface area contributed by atoms with Crippen LogP contribution >= 0.6 is 11.3 Å². The van der Waals surface area contributed by atoms with E-state index in [0.29, 0.717) is 17.4 Å².